The molecule has 0 fully saturated rings. The number of benzene rings is 2. The second kappa shape index (κ2) is 7.92. The van der Waals surface area contributed by atoms with Gasteiger partial charge in [-0.2, -0.15) is 0 Å². The summed E-state index contributed by atoms with van der Waals surface area (Å²) in [6.45, 7) is 0.870. The maximum atomic E-state index is 12.1. The zero-order chi connectivity index (χ0) is 16.6. The largest absolute Gasteiger partial charge is 0.487 e. The lowest BCUT2D eigenvalue weighted by Gasteiger charge is -2.09. The third-order valence-electron chi connectivity index (χ3n) is 3.50. The van der Waals surface area contributed by atoms with E-state index in [9.17, 15) is 4.79 Å². The first-order valence-electron chi connectivity index (χ1n) is 7.76. The molecule has 0 atom stereocenters. The molecule has 3 aromatic rings. The Kier molecular flexibility index (Phi) is 5.20. The number of carbonyl (C=O) groups is 1. The zero-order valence-electron chi connectivity index (χ0n) is 13.2. The fourth-order valence-corrected chi connectivity index (χ4v) is 2.26. The number of pyridine rings is 1. The number of nitrogens with zero attached hydrogens (tertiary/aromatic N) is 1. The average molecular weight is 318 g/mol. The highest BCUT2D eigenvalue weighted by atomic mass is 16.5. The Morgan fingerprint density at radius 3 is 2.58 bits per heavy atom. The van der Waals surface area contributed by atoms with Crippen LogP contribution in [0.5, 0.6) is 5.75 Å². The Morgan fingerprint density at radius 2 is 1.79 bits per heavy atom. The normalized spacial score (nSPS) is 10.2. The number of hydrogen-bond donors (Lipinski definition) is 1. The molecule has 120 valence electrons. The van der Waals surface area contributed by atoms with Crippen LogP contribution in [0.4, 0.5) is 0 Å². The van der Waals surface area contributed by atoms with Crippen molar-refractivity contribution in [1.29, 1.82) is 0 Å². The first-order chi connectivity index (χ1) is 11.8. The molecule has 4 nitrogen and oxygen atoms in total. The number of nitrogens with one attached hydrogen (secondary N) is 1. The van der Waals surface area contributed by atoms with Gasteiger partial charge in [-0.05, 0) is 42.0 Å². The summed E-state index contributed by atoms with van der Waals surface area (Å²) in [7, 11) is 0. The fourth-order valence-electron chi connectivity index (χ4n) is 2.26. The van der Waals surface area contributed by atoms with Gasteiger partial charge in [-0.3, -0.25) is 9.78 Å². The van der Waals surface area contributed by atoms with Crippen LogP contribution < -0.4 is 10.1 Å². The van der Waals surface area contributed by atoms with Crippen molar-refractivity contribution in [2.45, 2.75) is 13.2 Å². The van der Waals surface area contributed by atoms with Gasteiger partial charge in [0.1, 0.15) is 12.4 Å². The molecule has 0 saturated heterocycles. The van der Waals surface area contributed by atoms with Crippen molar-refractivity contribution in [2.24, 2.45) is 0 Å². The van der Waals surface area contributed by atoms with E-state index in [0.29, 0.717) is 18.7 Å². The topological polar surface area (TPSA) is 51.2 Å². The molecule has 0 bridgehead atoms. The molecule has 0 saturated carbocycles. The summed E-state index contributed by atoms with van der Waals surface area (Å²) in [5.41, 5.74) is 2.51. The molecule has 24 heavy (non-hydrogen) atoms. The molecular formula is C20H18N2O2. The van der Waals surface area contributed by atoms with E-state index in [0.717, 1.165) is 17.0 Å². The molecule has 0 spiro atoms. The van der Waals surface area contributed by atoms with Crippen LogP contribution in [-0.4, -0.2) is 10.9 Å². The van der Waals surface area contributed by atoms with Crippen LogP contribution in [0, 0.1) is 0 Å². The van der Waals surface area contributed by atoms with Crippen LogP contribution in [-0.2, 0) is 13.2 Å². The molecule has 3 rings (SSSR count). The highest BCUT2D eigenvalue weighted by Gasteiger charge is 2.04. The molecule has 0 unspecified atom stereocenters. The summed E-state index contributed by atoms with van der Waals surface area (Å²) in [5, 5.41) is 2.91. The van der Waals surface area contributed by atoms with E-state index in [2.05, 4.69) is 10.3 Å². The Bertz CT molecular complexity index is 789. The zero-order valence-corrected chi connectivity index (χ0v) is 13.2. The molecular weight excluding hydrogens is 300 g/mol. The summed E-state index contributed by atoms with van der Waals surface area (Å²) in [5.74, 6) is 0.669. The molecule has 0 radical (unpaired) electrons. The number of amides is 1. The van der Waals surface area contributed by atoms with Crippen LogP contribution in [0.3, 0.4) is 0 Å². The molecule has 2 aromatic carbocycles. The highest BCUT2D eigenvalue weighted by Crippen LogP contribution is 2.15. The van der Waals surface area contributed by atoms with Crippen molar-refractivity contribution in [1.82, 2.24) is 10.3 Å². The van der Waals surface area contributed by atoms with E-state index in [1.807, 2.05) is 60.7 Å². The smallest absolute Gasteiger partial charge is 0.251 e. The van der Waals surface area contributed by atoms with Gasteiger partial charge in [-0.1, -0.05) is 36.4 Å². The lowest BCUT2D eigenvalue weighted by atomic mass is 10.2. The quantitative estimate of drug-likeness (QED) is 0.755. The first-order valence-corrected chi connectivity index (χ1v) is 7.76. The summed E-state index contributed by atoms with van der Waals surface area (Å²) in [4.78, 5) is 16.3. The van der Waals surface area contributed by atoms with Gasteiger partial charge in [0.25, 0.3) is 5.91 Å². The van der Waals surface area contributed by atoms with Crippen molar-refractivity contribution in [3.63, 3.8) is 0 Å². The van der Waals surface area contributed by atoms with E-state index >= 15 is 0 Å². The van der Waals surface area contributed by atoms with Crippen molar-refractivity contribution in [2.75, 3.05) is 0 Å². The van der Waals surface area contributed by atoms with Crippen molar-refractivity contribution < 1.29 is 9.53 Å². The van der Waals surface area contributed by atoms with Crippen LogP contribution in [0.15, 0.2) is 79.0 Å². The van der Waals surface area contributed by atoms with Gasteiger partial charge in [-0.15, -0.1) is 0 Å². The van der Waals surface area contributed by atoms with E-state index in [1.165, 1.54) is 0 Å². The van der Waals surface area contributed by atoms with E-state index in [-0.39, 0.29) is 5.91 Å². The van der Waals surface area contributed by atoms with Crippen LogP contribution >= 0.6 is 0 Å². The van der Waals surface area contributed by atoms with Gasteiger partial charge >= 0.3 is 0 Å². The van der Waals surface area contributed by atoms with E-state index in [4.69, 9.17) is 4.74 Å². The summed E-state index contributed by atoms with van der Waals surface area (Å²) >= 11 is 0. The molecule has 1 heterocycles. The standard InChI is InChI=1S/C20H18N2O2/c23-20(17-8-2-1-3-9-17)22-14-16-7-6-11-19(13-16)24-15-18-10-4-5-12-21-18/h1-13H,14-15H2,(H,22,23). The van der Waals surface area contributed by atoms with Crippen molar-refractivity contribution in [3.05, 3.63) is 95.8 Å². The third-order valence-corrected chi connectivity index (χ3v) is 3.50. The Hall–Kier alpha value is -3.14. The minimum atomic E-state index is -0.0876. The Balaban J connectivity index is 1.56. The number of hydrogen-bond acceptors (Lipinski definition) is 3. The Labute approximate surface area is 141 Å². The average Bonchev–Trinajstić information content (AvgIpc) is 2.66. The number of rotatable bonds is 6. The predicted octanol–water partition coefficient (Wildman–Crippen LogP) is 3.59. The van der Waals surface area contributed by atoms with Gasteiger partial charge in [0, 0.05) is 18.3 Å². The molecule has 1 amide bonds. The van der Waals surface area contributed by atoms with Gasteiger partial charge in [-0.25, -0.2) is 0 Å². The minimum Gasteiger partial charge on any atom is -0.487 e. The molecule has 0 aliphatic rings. The number of carbonyl (C=O) groups excluding carboxylic acids is 1. The minimum absolute atomic E-state index is 0.0876. The fraction of sp³-hybridized carbons (Fsp3) is 0.100. The molecule has 0 aliphatic carbocycles. The van der Waals surface area contributed by atoms with Gasteiger partial charge in [0.2, 0.25) is 0 Å². The molecule has 1 aromatic heterocycles. The van der Waals surface area contributed by atoms with E-state index < -0.39 is 0 Å². The second-order valence-corrected chi connectivity index (χ2v) is 5.31. The van der Waals surface area contributed by atoms with Gasteiger partial charge < -0.3 is 10.1 Å². The SMILES string of the molecule is O=C(NCc1cccc(OCc2ccccn2)c1)c1ccccc1. The lowest BCUT2D eigenvalue weighted by Crippen LogP contribution is -2.22. The maximum Gasteiger partial charge on any atom is 0.251 e. The number of ether oxygens (including phenoxy) is 1. The molecule has 0 aliphatic heterocycles. The van der Waals surface area contributed by atoms with E-state index in [1.54, 1.807) is 18.3 Å². The van der Waals surface area contributed by atoms with Crippen molar-refractivity contribution >= 4 is 5.91 Å². The third kappa shape index (κ3) is 4.43. The van der Waals surface area contributed by atoms with Crippen LogP contribution in [0.25, 0.3) is 0 Å². The Morgan fingerprint density at radius 1 is 0.958 bits per heavy atom. The van der Waals surface area contributed by atoms with Gasteiger partial charge in [0.05, 0.1) is 5.69 Å². The van der Waals surface area contributed by atoms with Crippen molar-refractivity contribution in [3.8, 4) is 5.75 Å². The molecule has 4 heteroatoms. The predicted molar refractivity (Wildman–Crippen MR) is 92.6 cm³/mol. The summed E-state index contributed by atoms with van der Waals surface area (Å²) in [6, 6.07) is 22.6. The monoisotopic (exact) mass is 318 g/mol. The lowest BCUT2D eigenvalue weighted by molar-refractivity contribution is 0.0951. The summed E-state index contributed by atoms with van der Waals surface area (Å²) in [6.07, 6.45) is 1.74. The summed E-state index contributed by atoms with van der Waals surface area (Å²) < 4.78 is 5.75. The second-order valence-electron chi connectivity index (χ2n) is 5.31. The van der Waals surface area contributed by atoms with Gasteiger partial charge in [0.15, 0.2) is 0 Å². The number of aromatic nitrogens is 1. The maximum absolute atomic E-state index is 12.1. The van der Waals surface area contributed by atoms with Crippen LogP contribution in [0.1, 0.15) is 21.6 Å². The molecule has 1 N–H and O–H groups in total. The first kappa shape index (κ1) is 15.7. The van der Waals surface area contributed by atoms with Crippen LogP contribution in [0.2, 0.25) is 0 Å². The highest BCUT2D eigenvalue weighted by molar-refractivity contribution is 5.94.